The van der Waals surface area contributed by atoms with Crippen molar-refractivity contribution in [2.45, 2.75) is 49.0 Å². The van der Waals surface area contributed by atoms with Gasteiger partial charge in [-0.3, -0.25) is 9.71 Å². The first-order valence-electron chi connectivity index (χ1n) is 12.9. The van der Waals surface area contributed by atoms with E-state index in [1.54, 1.807) is 49.8 Å². The average molecular weight is 529 g/mol. The molecule has 1 heterocycles. The molecular formula is C31H32N2O4S. The van der Waals surface area contributed by atoms with Crippen LogP contribution in [-0.2, 0) is 16.4 Å². The van der Waals surface area contributed by atoms with Gasteiger partial charge in [0.1, 0.15) is 0 Å². The highest BCUT2D eigenvalue weighted by Gasteiger charge is 2.22. The molecule has 1 N–H and O–H groups in total. The monoisotopic (exact) mass is 528 g/mol. The predicted octanol–water partition coefficient (Wildman–Crippen LogP) is 6.59. The van der Waals surface area contributed by atoms with Crippen molar-refractivity contribution in [2.24, 2.45) is 0 Å². The number of aromatic nitrogens is 1. The SMILES string of the molecule is COc1ccc([C@H](Cc2ccncc2)c2ccc(NS(=O)(=O)c3ccccc3)cc2)cc1OC1CCCC1. The molecule has 4 aromatic rings. The summed E-state index contributed by atoms with van der Waals surface area (Å²) >= 11 is 0. The fourth-order valence-corrected chi connectivity index (χ4v) is 6.05. The molecule has 0 saturated heterocycles. The van der Waals surface area contributed by atoms with Gasteiger partial charge in [-0.1, -0.05) is 36.4 Å². The zero-order valence-electron chi connectivity index (χ0n) is 21.4. The Morgan fingerprint density at radius 1 is 0.868 bits per heavy atom. The van der Waals surface area contributed by atoms with E-state index in [2.05, 4.69) is 21.8 Å². The Labute approximate surface area is 224 Å². The van der Waals surface area contributed by atoms with Gasteiger partial charge in [-0.25, -0.2) is 8.42 Å². The summed E-state index contributed by atoms with van der Waals surface area (Å²) in [7, 11) is -1.99. The molecule has 3 aromatic carbocycles. The van der Waals surface area contributed by atoms with Crippen LogP contribution in [0.4, 0.5) is 5.69 Å². The molecule has 38 heavy (non-hydrogen) atoms. The predicted molar refractivity (Wildman–Crippen MR) is 149 cm³/mol. The van der Waals surface area contributed by atoms with E-state index in [4.69, 9.17) is 9.47 Å². The van der Waals surface area contributed by atoms with Gasteiger partial charge >= 0.3 is 0 Å². The highest BCUT2D eigenvalue weighted by molar-refractivity contribution is 7.92. The molecule has 0 radical (unpaired) electrons. The Morgan fingerprint density at radius 2 is 1.55 bits per heavy atom. The van der Waals surface area contributed by atoms with Crippen LogP contribution in [0.5, 0.6) is 11.5 Å². The first kappa shape index (κ1) is 25.8. The number of hydrogen-bond acceptors (Lipinski definition) is 5. The van der Waals surface area contributed by atoms with Crippen molar-refractivity contribution >= 4 is 15.7 Å². The number of anilines is 1. The quantitative estimate of drug-likeness (QED) is 0.251. The Bertz CT molecular complexity index is 1440. The van der Waals surface area contributed by atoms with Gasteiger partial charge in [0, 0.05) is 24.0 Å². The summed E-state index contributed by atoms with van der Waals surface area (Å²) in [6.07, 6.45) is 9.09. The van der Waals surface area contributed by atoms with Gasteiger partial charge in [-0.2, -0.15) is 0 Å². The normalized spacial score (nSPS) is 14.7. The van der Waals surface area contributed by atoms with E-state index in [0.717, 1.165) is 47.5 Å². The van der Waals surface area contributed by atoms with E-state index < -0.39 is 10.0 Å². The summed E-state index contributed by atoms with van der Waals surface area (Å²) in [5.41, 5.74) is 3.85. The molecule has 1 saturated carbocycles. The molecule has 0 bridgehead atoms. The lowest BCUT2D eigenvalue weighted by molar-refractivity contribution is 0.200. The van der Waals surface area contributed by atoms with Gasteiger partial charge in [0.25, 0.3) is 10.0 Å². The maximum atomic E-state index is 12.8. The second-order valence-corrected chi connectivity index (χ2v) is 11.3. The second kappa shape index (κ2) is 11.7. The molecule has 1 aliphatic carbocycles. The van der Waals surface area contributed by atoms with E-state index in [9.17, 15) is 8.42 Å². The lowest BCUT2D eigenvalue weighted by Crippen LogP contribution is -2.13. The van der Waals surface area contributed by atoms with Crippen LogP contribution in [0.3, 0.4) is 0 Å². The minimum atomic E-state index is -3.66. The maximum absolute atomic E-state index is 12.8. The van der Waals surface area contributed by atoms with E-state index in [0.29, 0.717) is 5.69 Å². The van der Waals surface area contributed by atoms with Crippen LogP contribution in [0, 0.1) is 0 Å². The molecule has 1 fully saturated rings. The van der Waals surface area contributed by atoms with Gasteiger partial charge in [-0.15, -0.1) is 0 Å². The van der Waals surface area contributed by atoms with E-state index in [1.807, 2.05) is 42.5 Å². The smallest absolute Gasteiger partial charge is 0.261 e. The zero-order valence-corrected chi connectivity index (χ0v) is 22.2. The number of ether oxygens (including phenoxy) is 2. The standard InChI is InChI=1S/C31H32N2O4S/c1-36-30-16-13-25(22-31(30)37-27-7-5-6-8-27)29(21-23-17-19-32-20-18-23)24-11-14-26(15-12-24)33-38(34,35)28-9-3-2-4-10-28/h2-4,9-20,22,27,29,33H,5-8,21H2,1H3/t29-/m1/s1. The molecular weight excluding hydrogens is 496 g/mol. The van der Waals surface area contributed by atoms with Gasteiger partial charge < -0.3 is 9.47 Å². The topological polar surface area (TPSA) is 77.5 Å². The van der Waals surface area contributed by atoms with Gasteiger partial charge in [0.2, 0.25) is 0 Å². The molecule has 1 aliphatic rings. The third-order valence-electron chi connectivity index (χ3n) is 6.99. The Hall–Kier alpha value is -3.84. The Kier molecular flexibility index (Phi) is 7.94. The summed E-state index contributed by atoms with van der Waals surface area (Å²) in [5.74, 6) is 1.52. The fraction of sp³-hybridized carbons (Fsp3) is 0.258. The number of hydrogen-bond donors (Lipinski definition) is 1. The number of rotatable bonds is 10. The molecule has 0 spiro atoms. The zero-order chi connectivity index (χ0) is 26.4. The van der Waals surface area contributed by atoms with E-state index in [1.165, 1.54) is 12.8 Å². The summed E-state index contributed by atoms with van der Waals surface area (Å²) < 4.78 is 40.2. The lowest BCUT2D eigenvalue weighted by atomic mass is 9.86. The lowest BCUT2D eigenvalue weighted by Gasteiger charge is -2.22. The second-order valence-electron chi connectivity index (χ2n) is 9.59. The number of nitrogens with zero attached hydrogens (tertiary/aromatic N) is 1. The van der Waals surface area contributed by atoms with Crippen LogP contribution in [-0.4, -0.2) is 26.6 Å². The largest absolute Gasteiger partial charge is 0.493 e. The molecule has 1 aromatic heterocycles. The number of pyridine rings is 1. The molecule has 0 unspecified atom stereocenters. The van der Waals surface area contributed by atoms with Crippen molar-refractivity contribution in [2.75, 3.05) is 11.8 Å². The average Bonchev–Trinajstić information content (AvgIpc) is 3.46. The summed E-state index contributed by atoms with van der Waals surface area (Å²) in [5, 5.41) is 0. The molecule has 1 atom stereocenters. The first-order valence-corrected chi connectivity index (χ1v) is 14.4. The van der Waals surface area contributed by atoms with Crippen LogP contribution in [0.1, 0.15) is 48.3 Å². The highest BCUT2D eigenvalue weighted by atomic mass is 32.2. The number of benzene rings is 3. The van der Waals surface area contributed by atoms with Crippen molar-refractivity contribution in [3.05, 3.63) is 114 Å². The number of methoxy groups -OCH3 is 1. The van der Waals surface area contributed by atoms with Crippen molar-refractivity contribution in [1.29, 1.82) is 0 Å². The van der Waals surface area contributed by atoms with Crippen molar-refractivity contribution in [1.82, 2.24) is 4.98 Å². The number of sulfonamides is 1. The van der Waals surface area contributed by atoms with Gasteiger partial charge in [0.15, 0.2) is 11.5 Å². The fourth-order valence-electron chi connectivity index (χ4n) is 4.97. The molecule has 0 aliphatic heterocycles. The third-order valence-corrected chi connectivity index (χ3v) is 8.39. The third kappa shape index (κ3) is 6.17. The summed E-state index contributed by atoms with van der Waals surface area (Å²) in [6.45, 7) is 0. The molecule has 196 valence electrons. The minimum Gasteiger partial charge on any atom is -0.493 e. The van der Waals surface area contributed by atoms with Crippen LogP contribution in [0.2, 0.25) is 0 Å². The van der Waals surface area contributed by atoms with E-state index in [-0.39, 0.29) is 16.9 Å². The molecule has 5 rings (SSSR count). The van der Waals surface area contributed by atoms with Crippen LogP contribution in [0.15, 0.2) is 102 Å². The van der Waals surface area contributed by atoms with Gasteiger partial charge in [-0.05, 0) is 97.3 Å². The summed E-state index contributed by atoms with van der Waals surface area (Å²) in [6, 6.07) is 26.2. The molecule has 0 amide bonds. The van der Waals surface area contributed by atoms with Crippen molar-refractivity contribution in [3.8, 4) is 11.5 Å². The van der Waals surface area contributed by atoms with Crippen LogP contribution >= 0.6 is 0 Å². The van der Waals surface area contributed by atoms with Crippen molar-refractivity contribution in [3.63, 3.8) is 0 Å². The Morgan fingerprint density at radius 3 is 2.24 bits per heavy atom. The van der Waals surface area contributed by atoms with Crippen LogP contribution in [0.25, 0.3) is 0 Å². The summed E-state index contributed by atoms with van der Waals surface area (Å²) in [4.78, 5) is 4.39. The maximum Gasteiger partial charge on any atom is 0.261 e. The van der Waals surface area contributed by atoms with Crippen molar-refractivity contribution < 1.29 is 17.9 Å². The van der Waals surface area contributed by atoms with Crippen LogP contribution < -0.4 is 14.2 Å². The number of nitrogens with one attached hydrogen (secondary N) is 1. The molecule has 6 nitrogen and oxygen atoms in total. The minimum absolute atomic E-state index is 0.0222. The highest BCUT2D eigenvalue weighted by Crippen LogP contribution is 2.37. The first-order chi connectivity index (χ1) is 18.5. The van der Waals surface area contributed by atoms with Gasteiger partial charge in [0.05, 0.1) is 18.1 Å². The van der Waals surface area contributed by atoms with E-state index >= 15 is 0 Å². The Balaban J connectivity index is 1.45. The molecule has 7 heteroatoms.